The fraction of sp³-hybridized carbons (Fsp3) is 0.440. The van der Waals surface area contributed by atoms with Crippen LogP contribution in [0.5, 0.6) is 11.5 Å². The van der Waals surface area contributed by atoms with E-state index in [0.717, 1.165) is 28.5 Å². The topological polar surface area (TPSA) is 103 Å². The van der Waals surface area contributed by atoms with Gasteiger partial charge in [-0.05, 0) is 55.9 Å². The number of aryl methyl sites for hydroxylation is 1. The van der Waals surface area contributed by atoms with Crippen molar-refractivity contribution in [3.05, 3.63) is 54.2 Å². The summed E-state index contributed by atoms with van der Waals surface area (Å²) in [7, 11) is 0. The van der Waals surface area contributed by atoms with Crippen LogP contribution in [0.2, 0.25) is 0 Å². The summed E-state index contributed by atoms with van der Waals surface area (Å²) in [5.74, 6) is 4.44. The van der Waals surface area contributed by atoms with Crippen LogP contribution in [0.1, 0.15) is 50.4 Å². The van der Waals surface area contributed by atoms with Gasteiger partial charge in [-0.25, -0.2) is 9.97 Å². The Morgan fingerprint density at radius 2 is 2.06 bits per heavy atom. The SMILES string of the molecule is CCCCSCCC(Nc1cc(C)nc(-n2ccnc2)n1)C(=O)NC(C)c1ccc2c(c1)OCO2. The van der Waals surface area contributed by atoms with Gasteiger partial charge in [0.15, 0.2) is 11.5 Å². The highest BCUT2D eigenvalue weighted by molar-refractivity contribution is 7.99. The molecule has 4 rings (SSSR count). The zero-order valence-corrected chi connectivity index (χ0v) is 21.2. The van der Waals surface area contributed by atoms with Gasteiger partial charge >= 0.3 is 0 Å². The van der Waals surface area contributed by atoms with E-state index in [1.54, 1.807) is 23.3 Å². The smallest absolute Gasteiger partial charge is 0.243 e. The minimum absolute atomic E-state index is 0.0771. The molecule has 9 nitrogen and oxygen atoms in total. The van der Waals surface area contributed by atoms with Crippen molar-refractivity contribution in [3.8, 4) is 17.4 Å². The van der Waals surface area contributed by atoms with Crippen LogP contribution in [0.15, 0.2) is 43.0 Å². The first kappa shape index (κ1) is 24.8. The highest BCUT2D eigenvalue weighted by atomic mass is 32.2. The fourth-order valence-electron chi connectivity index (χ4n) is 3.70. The van der Waals surface area contributed by atoms with E-state index in [2.05, 4.69) is 32.5 Å². The molecule has 1 aromatic carbocycles. The molecule has 10 heteroatoms. The van der Waals surface area contributed by atoms with E-state index in [-0.39, 0.29) is 18.7 Å². The lowest BCUT2D eigenvalue weighted by molar-refractivity contribution is -0.122. The first-order valence-electron chi connectivity index (χ1n) is 11.9. The van der Waals surface area contributed by atoms with E-state index in [0.29, 0.717) is 23.9 Å². The van der Waals surface area contributed by atoms with Crippen molar-refractivity contribution in [2.24, 2.45) is 0 Å². The molecular formula is C25H32N6O3S. The second kappa shape index (κ2) is 11.9. The maximum absolute atomic E-state index is 13.4. The third-order valence-electron chi connectivity index (χ3n) is 5.66. The number of ether oxygens (including phenoxy) is 2. The minimum Gasteiger partial charge on any atom is -0.454 e. The fourth-order valence-corrected chi connectivity index (χ4v) is 4.80. The molecule has 0 fully saturated rings. The molecule has 0 radical (unpaired) electrons. The maximum atomic E-state index is 13.4. The largest absolute Gasteiger partial charge is 0.454 e. The molecule has 186 valence electrons. The molecule has 0 saturated heterocycles. The number of aromatic nitrogens is 4. The zero-order valence-electron chi connectivity index (χ0n) is 20.4. The molecule has 2 atom stereocenters. The molecule has 0 bridgehead atoms. The predicted octanol–water partition coefficient (Wildman–Crippen LogP) is 4.28. The summed E-state index contributed by atoms with van der Waals surface area (Å²) in [6.07, 6.45) is 8.15. The number of anilines is 1. The van der Waals surface area contributed by atoms with Crippen molar-refractivity contribution in [1.82, 2.24) is 24.8 Å². The van der Waals surface area contributed by atoms with Crippen LogP contribution in [-0.2, 0) is 4.79 Å². The number of benzene rings is 1. The molecule has 0 aliphatic carbocycles. The number of nitrogens with one attached hydrogen (secondary N) is 2. The number of hydrogen-bond donors (Lipinski definition) is 2. The van der Waals surface area contributed by atoms with E-state index < -0.39 is 6.04 Å². The number of imidazole rings is 1. The predicted molar refractivity (Wildman–Crippen MR) is 137 cm³/mol. The number of rotatable bonds is 12. The molecule has 2 unspecified atom stereocenters. The third kappa shape index (κ3) is 6.66. The van der Waals surface area contributed by atoms with Crippen molar-refractivity contribution in [1.29, 1.82) is 0 Å². The third-order valence-corrected chi connectivity index (χ3v) is 6.77. The van der Waals surface area contributed by atoms with E-state index in [1.165, 1.54) is 12.8 Å². The van der Waals surface area contributed by atoms with Gasteiger partial charge in [0.25, 0.3) is 0 Å². The van der Waals surface area contributed by atoms with Crippen molar-refractivity contribution in [2.45, 2.75) is 52.1 Å². The van der Waals surface area contributed by atoms with Crippen LogP contribution in [-0.4, -0.2) is 49.8 Å². The van der Waals surface area contributed by atoms with Crippen LogP contribution < -0.4 is 20.1 Å². The Morgan fingerprint density at radius 1 is 1.20 bits per heavy atom. The maximum Gasteiger partial charge on any atom is 0.243 e. The van der Waals surface area contributed by atoms with Crippen LogP contribution >= 0.6 is 11.8 Å². The Hall–Kier alpha value is -3.27. The Morgan fingerprint density at radius 3 is 2.86 bits per heavy atom. The minimum atomic E-state index is -0.439. The average molecular weight is 497 g/mol. The van der Waals surface area contributed by atoms with Gasteiger partial charge in [-0.2, -0.15) is 16.7 Å². The summed E-state index contributed by atoms with van der Waals surface area (Å²) in [5.41, 5.74) is 1.76. The number of nitrogens with zero attached hydrogens (tertiary/aromatic N) is 4. The summed E-state index contributed by atoms with van der Waals surface area (Å²) < 4.78 is 12.6. The second-order valence-electron chi connectivity index (χ2n) is 8.46. The molecule has 35 heavy (non-hydrogen) atoms. The first-order chi connectivity index (χ1) is 17.0. The molecule has 1 amide bonds. The number of carbonyl (C=O) groups excluding carboxylic acids is 1. The Bertz CT molecular complexity index is 1120. The van der Waals surface area contributed by atoms with Crippen molar-refractivity contribution < 1.29 is 14.3 Å². The van der Waals surface area contributed by atoms with Crippen molar-refractivity contribution >= 4 is 23.5 Å². The van der Waals surface area contributed by atoms with Gasteiger partial charge in [0, 0.05) is 24.2 Å². The molecule has 0 saturated carbocycles. The number of fused-ring (bicyclic) bond motifs is 1. The van der Waals surface area contributed by atoms with Gasteiger partial charge in [0.1, 0.15) is 18.2 Å². The zero-order chi connectivity index (χ0) is 24.6. The normalized spacial score (nSPS) is 13.9. The van der Waals surface area contributed by atoms with Crippen LogP contribution in [0, 0.1) is 6.92 Å². The van der Waals surface area contributed by atoms with E-state index in [1.807, 2.05) is 49.9 Å². The van der Waals surface area contributed by atoms with Crippen molar-refractivity contribution in [3.63, 3.8) is 0 Å². The number of thioether (sulfide) groups is 1. The quantitative estimate of drug-likeness (QED) is 0.358. The summed E-state index contributed by atoms with van der Waals surface area (Å²) in [4.78, 5) is 26.6. The molecular weight excluding hydrogens is 464 g/mol. The highest BCUT2D eigenvalue weighted by Crippen LogP contribution is 2.34. The van der Waals surface area contributed by atoms with Gasteiger partial charge in [-0.1, -0.05) is 19.4 Å². The Kier molecular flexibility index (Phi) is 8.46. The van der Waals surface area contributed by atoms with Crippen LogP contribution in [0.3, 0.4) is 0 Å². The van der Waals surface area contributed by atoms with E-state index in [4.69, 9.17) is 9.47 Å². The molecule has 2 aromatic heterocycles. The van der Waals surface area contributed by atoms with Gasteiger partial charge in [0.05, 0.1) is 6.04 Å². The standard InChI is InChI=1S/C25H32N6O3S/c1-4-5-11-35-12-8-20(29-23-13-17(2)27-25(30-23)31-10-9-26-15-31)24(32)28-18(3)19-6-7-21-22(14-19)34-16-33-21/h6-7,9-10,13-15,18,20H,4-5,8,11-12,16H2,1-3H3,(H,28,32)(H,27,29,30). The van der Waals surface area contributed by atoms with Gasteiger partial charge in [-0.15, -0.1) is 0 Å². The number of hydrogen-bond acceptors (Lipinski definition) is 8. The molecule has 1 aliphatic rings. The van der Waals surface area contributed by atoms with E-state index in [9.17, 15) is 4.79 Å². The van der Waals surface area contributed by atoms with Gasteiger partial charge < -0.3 is 20.1 Å². The molecule has 2 N–H and O–H groups in total. The summed E-state index contributed by atoms with van der Waals surface area (Å²) in [6.45, 7) is 6.28. The summed E-state index contributed by atoms with van der Waals surface area (Å²) in [5, 5.41) is 6.51. The molecule has 0 spiro atoms. The molecule has 3 aromatic rings. The molecule has 3 heterocycles. The molecule has 1 aliphatic heterocycles. The number of carbonyl (C=O) groups is 1. The number of unbranched alkanes of at least 4 members (excludes halogenated alkanes) is 1. The summed E-state index contributed by atoms with van der Waals surface area (Å²) >= 11 is 1.87. The van der Waals surface area contributed by atoms with Crippen molar-refractivity contribution in [2.75, 3.05) is 23.6 Å². The lowest BCUT2D eigenvalue weighted by Crippen LogP contribution is -2.41. The van der Waals surface area contributed by atoms with Gasteiger partial charge in [-0.3, -0.25) is 9.36 Å². The summed E-state index contributed by atoms with van der Waals surface area (Å²) in [6, 6.07) is 6.97. The second-order valence-corrected chi connectivity index (χ2v) is 9.68. The highest BCUT2D eigenvalue weighted by Gasteiger charge is 2.23. The Labute approximate surface area is 210 Å². The monoisotopic (exact) mass is 496 g/mol. The van der Waals surface area contributed by atoms with E-state index >= 15 is 0 Å². The lowest BCUT2D eigenvalue weighted by atomic mass is 10.1. The van der Waals surface area contributed by atoms with Gasteiger partial charge in [0.2, 0.25) is 18.6 Å². The van der Waals surface area contributed by atoms with Crippen LogP contribution in [0.25, 0.3) is 5.95 Å². The average Bonchev–Trinajstić information content (AvgIpc) is 3.54. The first-order valence-corrected chi connectivity index (χ1v) is 13.1. The number of amides is 1. The van der Waals surface area contributed by atoms with Crippen LogP contribution in [0.4, 0.5) is 5.82 Å². The lowest BCUT2D eigenvalue weighted by Gasteiger charge is -2.22. The Balaban J connectivity index is 1.47.